The zero-order valence-electron chi connectivity index (χ0n) is 15.4. The van der Waals surface area contributed by atoms with E-state index in [4.69, 9.17) is 4.74 Å². The fourth-order valence-electron chi connectivity index (χ4n) is 3.11. The van der Waals surface area contributed by atoms with Crippen LogP contribution in [0.1, 0.15) is 15.9 Å². The average Bonchev–Trinajstić information content (AvgIpc) is 2.77. The number of fused-ring (bicyclic) bond motifs is 1. The second kappa shape index (κ2) is 7.88. The number of nitrogens with one attached hydrogen (secondary N) is 1. The number of hydrogen-bond donors (Lipinski definition) is 1. The molecule has 0 unspecified atom stereocenters. The van der Waals surface area contributed by atoms with Gasteiger partial charge in [0.2, 0.25) is 0 Å². The lowest BCUT2D eigenvalue weighted by Crippen LogP contribution is -2.04. The summed E-state index contributed by atoms with van der Waals surface area (Å²) in [6.07, 6.45) is 0. The van der Waals surface area contributed by atoms with Crippen LogP contribution in [0.15, 0.2) is 78.9 Å². The molecule has 0 aliphatic carbocycles. The van der Waals surface area contributed by atoms with Crippen LogP contribution >= 0.6 is 0 Å². The maximum Gasteiger partial charge on any atom is 0.337 e. The van der Waals surface area contributed by atoms with Gasteiger partial charge in [0.1, 0.15) is 5.69 Å². The first-order valence-electron chi connectivity index (χ1n) is 8.98. The minimum absolute atomic E-state index is 0.358. The van der Waals surface area contributed by atoms with Crippen LogP contribution in [0.3, 0.4) is 0 Å². The summed E-state index contributed by atoms with van der Waals surface area (Å²) in [4.78, 5) is 11.6. The van der Waals surface area contributed by atoms with Gasteiger partial charge in [-0.2, -0.15) is 0 Å². The van der Waals surface area contributed by atoms with Crippen molar-refractivity contribution in [2.75, 3.05) is 12.4 Å². The van der Waals surface area contributed by atoms with E-state index in [1.165, 1.54) is 12.7 Å². The zero-order valence-corrected chi connectivity index (χ0v) is 15.4. The third kappa shape index (κ3) is 3.55. The van der Waals surface area contributed by atoms with Crippen molar-refractivity contribution >= 4 is 22.6 Å². The molecule has 0 spiro atoms. The van der Waals surface area contributed by atoms with Gasteiger partial charge in [0.25, 0.3) is 0 Å². The fraction of sp³-hybridized carbons (Fsp3) is 0.0870. The smallest absolute Gasteiger partial charge is 0.337 e. The van der Waals surface area contributed by atoms with Gasteiger partial charge in [-0.3, -0.25) is 0 Å². The lowest BCUT2D eigenvalue weighted by molar-refractivity contribution is 0.0601. The Morgan fingerprint density at radius 3 is 2.25 bits per heavy atom. The summed E-state index contributed by atoms with van der Waals surface area (Å²) in [5.41, 5.74) is 3.35. The average molecular weight is 369 g/mol. The SMILES string of the molecule is COC(=O)c1ccc(-c2nnc(NCc3ccccc3)c3ccccc23)cc1. The molecular formula is C23H19N3O2. The highest BCUT2D eigenvalue weighted by atomic mass is 16.5. The highest BCUT2D eigenvalue weighted by molar-refractivity contribution is 6.00. The van der Waals surface area contributed by atoms with Crippen molar-refractivity contribution in [3.05, 3.63) is 90.0 Å². The van der Waals surface area contributed by atoms with E-state index in [1.54, 1.807) is 12.1 Å². The second-order valence-corrected chi connectivity index (χ2v) is 6.35. The van der Waals surface area contributed by atoms with Crippen LogP contribution < -0.4 is 5.32 Å². The maximum absolute atomic E-state index is 11.6. The zero-order chi connectivity index (χ0) is 19.3. The molecule has 5 heteroatoms. The Kier molecular flexibility index (Phi) is 4.97. The van der Waals surface area contributed by atoms with Crippen LogP contribution in [0.25, 0.3) is 22.0 Å². The van der Waals surface area contributed by atoms with Gasteiger partial charge in [0.15, 0.2) is 5.82 Å². The molecule has 0 saturated carbocycles. The highest BCUT2D eigenvalue weighted by Crippen LogP contribution is 2.30. The first-order chi connectivity index (χ1) is 13.8. The van der Waals surface area contributed by atoms with E-state index in [2.05, 4.69) is 27.6 Å². The van der Waals surface area contributed by atoms with E-state index in [1.807, 2.05) is 54.6 Å². The largest absolute Gasteiger partial charge is 0.465 e. The Balaban J connectivity index is 1.68. The van der Waals surface area contributed by atoms with Gasteiger partial charge in [-0.05, 0) is 17.7 Å². The van der Waals surface area contributed by atoms with Gasteiger partial charge in [-0.25, -0.2) is 4.79 Å². The van der Waals surface area contributed by atoms with Crippen molar-refractivity contribution in [3.8, 4) is 11.3 Å². The number of aromatic nitrogens is 2. The summed E-state index contributed by atoms with van der Waals surface area (Å²) in [5.74, 6) is 0.386. The molecular weight excluding hydrogens is 350 g/mol. The van der Waals surface area contributed by atoms with Crippen molar-refractivity contribution < 1.29 is 9.53 Å². The van der Waals surface area contributed by atoms with Crippen LogP contribution in [0.4, 0.5) is 5.82 Å². The van der Waals surface area contributed by atoms with Crippen LogP contribution in [0, 0.1) is 0 Å². The number of anilines is 1. The minimum atomic E-state index is -0.358. The molecule has 4 rings (SSSR count). The van der Waals surface area contributed by atoms with Crippen molar-refractivity contribution in [2.24, 2.45) is 0 Å². The van der Waals surface area contributed by atoms with Crippen LogP contribution in [0.5, 0.6) is 0 Å². The Morgan fingerprint density at radius 1 is 0.857 bits per heavy atom. The second-order valence-electron chi connectivity index (χ2n) is 6.35. The summed E-state index contributed by atoms with van der Waals surface area (Å²) >= 11 is 0. The van der Waals surface area contributed by atoms with Crippen molar-refractivity contribution in [1.29, 1.82) is 0 Å². The van der Waals surface area contributed by atoms with Crippen molar-refractivity contribution in [3.63, 3.8) is 0 Å². The summed E-state index contributed by atoms with van der Waals surface area (Å²) < 4.78 is 4.76. The Morgan fingerprint density at radius 2 is 1.54 bits per heavy atom. The van der Waals surface area contributed by atoms with E-state index in [0.29, 0.717) is 12.1 Å². The van der Waals surface area contributed by atoms with Crippen molar-refractivity contribution in [2.45, 2.75) is 6.54 Å². The predicted octanol–water partition coefficient (Wildman–Crippen LogP) is 4.70. The van der Waals surface area contributed by atoms with Crippen molar-refractivity contribution in [1.82, 2.24) is 10.2 Å². The van der Waals surface area contributed by atoms with Crippen LogP contribution in [-0.4, -0.2) is 23.3 Å². The Labute approximate surface area is 163 Å². The molecule has 0 aliphatic heterocycles. The number of rotatable bonds is 5. The van der Waals surface area contributed by atoms with E-state index < -0.39 is 0 Å². The van der Waals surface area contributed by atoms with Gasteiger partial charge in [-0.15, -0.1) is 10.2 Å². The van der Waals surface area contributed by atoms with Gasteiger partial charge in [0.05, 0.1) is 12.7 Å². The molecule has 0 amide bonds. The van der Waals surface area contributed by atoms with E-state index in [9.17, 15) is 4.79 Å². The third-order valence-electron chi connectivity index (χ3n) is 4.57. The van der Waals surface area contributed by atoms with Gasteiger partial charge in [0, 0.05) is 22.9 Å². The standard InChI is InChI=1S/C23H19N3O2/c1-28-23(27)18-13-11-17(12-14-18)21-19-9-5-6-10-20(19)22(26-25-21)24-15-16-7-3-2-4-8-16/h2-14H,15H2,1H3,(H,24,26). The molecule has 0 aliphatic rings. The number of benzene rings is 3. The molecule has 0 saturated heterocycles. The summed E-state index contributed by atoms with van der Waals surface area (Å²) in [7, 11) is 1.37. The monoisotopic (exact) mass is 369 g/mol. The number of carbonyl (C=O) groups excluding carboxylic acids is 1. The normalized spacial score (nSPS) is 10.6. The maximum atomic E-state index is 11.6. The number of carbonyl (C=O) groups is 1. The van der Waals surface area contributed by atoms with E-state index >= 15 is 0 Å². The first kappa shape index (κ1) is 17.7. The number of ether oxygens (including phenoxy) is 1. The molecule has 0 radical (unpaired) electrons. The fourth-order valence-corrected chi connectivity index (χ4v) is 3.11. The quantitative estimate of drug-likeness (QED) is 0.517. The lowest BCUT2D eigenvalue weighted by atomic mass is 10.0. The lowest BCUT2D eigenvalue weighted by Gasteiger charge is -2.11. The minimum Gasteiger partial charge on any atom is -0.465 e. The Bertz CT molecular complexity index is 1110. The van der Waals surface area contributed by atoms with Crippen LogP contribution in [0.2, 0.25) is 0 Å². The first-order valence-corrected chi connectivity index (χ1v) is 8.98. The molecule has 28 heavy (non-hydrogen) atoms. The number of hydrogen-bond acceptors (Lipinski definition) is 5. The predicted molar refractivity (Wildman–Crippen MR) is 110 cm³/mol. The topological polar surface area (TPSA) is 64.1 Å². The van der Waals surface area contributed by atoms with Crippen LogP contribution in [-0.2, 0) is 11.3 Å². The van der Waals surface area contributed by atoms with E-state index in [-0.39, 0.29) is 5.97 Å². The molecule has 138 valence electrons. The molecule has 1 N–H and O–H groups in total. The molecule has 3 aromatic carbocycles. The highest BCUT2D eigenvalue weighted by Gasteiger charge is 2.12. The van der Waals surface area contributed by atoms with Gasteiger partial charge in [-0.1, -0.05) is 66.7 Å². The number of methoxy groups -OCH3 is 1. The van der Waals surface area contributed by atoms with E-state index in [0.717, 1.165) is 27.8 Å². The molecule has 0 atom stereocenters. The molecule has 0 fully saturated rings. The molecule has 4 aromatic rings. The van der Waals surface area contributed by atoms with Gasteiger partial charge < -0.3 is 10.1 Å². The molecule has 1 aromatic heterocycles. The third-order valence-corrected chi connectivity index (χ3v) is 4.57. The summed E-state index contributed by atoms with van der Waals surface area (Å²) in [5, 5.41) is 14.3. The number of esters is 1. The Hall–Kier alpha value is -3.73. The van der Waals surface area contributed by atoms with Gasteiger partial charge >= 0.3 is 5.97 Å². The molecule has 1 heterocycles. The molecule has 5 nitrogen and oxygen atoms in total. The summed E-state index contributed by atoms with van der Waals surface area (Å²) in [6.45, 7) is 0.673. The number of nitrogens with zero attached hydrogens (tertiary/aromatic N) is 2. The summed E-state index contributed by atoms with van der Waals surface area (Å²) in [6, 6.07) is 25.4. The molecule has 0 bridgehead atoms.